The number of anilines is 3. The lowest BCUT2D eigenvalue weighted by molar-refractivity contribution is 0.390. The number of para-hydroxylation sites is 1. The summed E-state index contributed by atoms with van der Waals surface area (Å²) in [4.78, 5) is 8.88. The van der Waals surface area contributed by atoms with Gasteiger partial charge in [0.15, 0.2) is 0 Å². The van der Waals surface area contributed by atoms with Crippen LogP contribution in [0.2, 0.25) is 0 Å². The molecule has 0 saturated carbocycles. The van der Waals surface area contributed by atoms with E-state index in [1.54, 1.807) is 0 Å². The van der Waals surface area contributed by atoms with Crippen molar-refractivity contribution >= 4 is 33.9 Å². The number of allylic oxidation sites excluding steroid dienone is 3. The third-order valence-electron chi connectivity index (χ3n) is 10.5. The minimum Gasteiger partial charge on any atom is -0.378 e. The molecule has 52 heavy (non-hydrogen) atoms. The number of likely N-dealkylation sites (N-methyl/N-ethyl adjacent to an activating group) is 2. The molecule has 2 aliphatic rings. The molecule has 1 aliphatic heterocycles. The molecular weight excluding hydrogens is 635 g/mol. The van der Waals surface area contributed by atoms with Gasteiger partial charge in [-0.1, -0.05) is 72.8 Å². The number of fused-ring (bicyclic) bond motifs is 3. The normalized spacial score (nSPS) is 15.1. The highest BCUT2D eigenvalue weighted by atomic mass is 15.1. The Kier molecular flexibility index (Phi) is 9.72. The van der Waals surface area contributed by atoms with E-state index >= 15 is 0 Å². The molecular formula is C47H50N5+. The van der Waals surface area contributed by atoms with Crippen molar-refractivity contribution < 1.29 is 0 Å². The maximum absolute atomic E-state index is 2.37. The SMILES string of the molecule is CN(C)c1ccc(C(CN(C)c2ccc(C(c3ccc(N(C)C)cc3)=c3ccc4c(c3)-c3ccccc3[N+]=4C)cc2)=C2C=CC(N(C)C)C=C2)cc1. The minimum absolute atomic E-state index is 0.303. The molecule has 7 rings (SSSR count). The summed E-state index contributed by atoms with van der Waals surface area (Å²) in [6.07, 6.45) is 9.14. The topological polar surface area (TPSA) is 16.0 Å². The van der Waals surface area contributed by atoms with E-state index in [1.165, 1.54) is 77.9 Å². The molecule has 5 aromatic rings. The summed E-state index contributed by atoms with van der Waals surface area (Å²) >= 11 is 0. The minimum atomic E-state index is 0.303. The molecule has 0 amide bonds. The van der Waals surface area contributed by atoms with E-state index in [1.807, 2.05) is 0 Å². The summed E-state index contributed by atoms with van der Waals surface area (Å²) in [5.74, 6) is 0. The van der Waals surface area contributed by atoms with Gasteiger partial charge in [-0.15, -0.1) is 0 Å². The summed E-state index contributed by atoms with van der Waals surface area (Å²) < 4.78 is 2.30. The van der Waals surface area contributed by atoms with Crippen LogP contribution in [0.25, 0.3) is 22.3 Å². The van der Waals surface area contributed by atoms with Gasteiger partial charge in [-0.2, -0.15) is 4.58 Å². The Labute approximate surface area is 309 Å². The highest BCUT2D eigenvalue weighted by Crippen LogP contribution is 2.32. The lowest BCUT2D eigenvalue weighted by atomic mass is 9.93. The molecule has 5 aromatic carbocycles. The van der Waals surface area contributed by atoms with E-state index in [4.69, 9.17) is 0 Å². The first kappa shape index (κ1) is 34.8. The first-order chi connectivity index (χ1) is 25.1. The van der Waals surface area contributed by atoms with Gasteiger partial charge in [0, 0.05) is 77.0 Å². The van der Waals surface area contributed by atoms with Gasteiger partial charge < -0.3 is 14.7 Å². The Morgan fingerprint density at radius 3 is 1.67 bits per heavy atom. The van der Waals surface area contributed by atoms with Gasteiger partial charge in [-0.25, -0.2) is 0 Å². The Balaban J connectivity index is 1.27. The van der Waals surface area contributed by atoms with Crippen LogP contribution in [0.15, 0.2) is 145 Å². The van der Waals surface area contributed by atoms with Crippen LogP contribution in [0.3, 0.4) is 0 Å². The van der Waals surface area contributed by atoms with Crippen molar-refractivity contribution in [3.05, 3.63) is 172 Å². The number of rotatable bonds is 9. The lowest BCUT2D eigenvalue weighted by Gasteiger charge is -2.25. The fourth-order valence-electron chi connectivity index (χ4n) is 7.34. The van der Waals surface area contributed by atoms with Crippen LogP contribution in [0.4, 0.5) is 22.7 Å². The molecule has 1 aliphatic carbocycles. The van der Waals surface area contributed by atoms with Gasteiger partial charge in [0.05, 0.1) is 11.1 Å². The van der Waals surface area contributed by atoms with Gasteiger partial charge in [0.2, 0.25) is 11.0 Å². The summed E-state index contributed by atoms with van der Waals surface area (Å²) in [6, 6.07) is 42.9. The molecule has 0 spiro atoms. The van der Waals surface area contributed by atoms with Crippen molar-refractivity contribution in [2.45, 2.75) is 6.04 Å². The highest BCUT2D eigenvalue weighted by molar-refractivity contribution is 5.84. The zero-order valence-corrected chi connectivity index (χ0v) is 31.8. The van der Waals surface area contributed by atoms with Crippen molar-refractivity contribution in [1.29, 1.82) is 0 Å². The molecule has 0 atom stereocenters. The average molecular weight is 685 g/mol. The molecule has 5 nitrogen and oxygen atoms in total. The molecule has 1 heterocycles. The zero-order chi connectivity index (χ0) is 36.5. The predicted molar refractivity (Wildman–Crippen MR) is 223 cm³/mol. The molecule has 0 aromatic heterocycles. The third kappa shape index (κ3) is 6.84. The molecule has 0 saturated heterocycles. The Morgan fingerprint density at radius 1 is 0.577 bits per heavy atom. The van der Waals surface area contributed by atoms with Crippen LogP contribution >= 0.6 is 0 Å². The Hall–Kier alpha value is -5.65. The van der Waals surface area contributed by atoms with Gasteiger partial charge in [-0.05, 0) is 107 Å². The number of benzene rings is 5. The largest absolute Gasteiger partial charge is 0.378 e. The first-order valence-corrected chi connectivity index (χ1v) is 18.1. The lowest BCUT2D eigenvalue weighted by Crippen LogP contribution is -2.25. The van der Waals surface area contributed by atoms with Crippen molar-refractivity contribution in [1.82, 2.24) is 9.48 Å². The molecule has 0 bridgehead atoms. The van der Waals surface area contributed by atoms with Crippen molar-refractivity contribution in [2.75, 3.05) is 77.6 Å². The van der Waals surface area contributed by atoms with Crippen LogP contribution in [-0.2, 0) is 0 Å². The van der Waals surface area contributed by atoms with Crippen LogP contribution in [-0.4, -0.2) is 73.9 Å². The smallest absolute Gasteiger partial charge is 0.213 e. The number of hydrogen-bond acceptors (Lipinski definition) is 4. The van der Waals surface area contributed by atoms with Crippen LogP contribution < -0.4 is 29.9 Å². The molecule has 0 radical (unpaired) electrons. The van der Waals surface area contributed by atoms with Gasteiger partial charge >= 0.3 is 0 Å². The molecule has 5 heteroatoms. The zero-order valence-electron chi connectivity index (χ0n) is 31.8. The van der Waals surface area contributed by atoms with E-state index in [0.29, 0.717) is 6.04 Å². The average Bonchev–Trinajstić information content (AvgIpc) is 3.45. The van der Waals surface area contributed by atoms with Crippen LogP contribution in [0.5, 0.6) is 0 Å². The Bertz CT molecular complexity index is 2290. The van der Waals surface area contributed by atoms with Gasteiger partial charge in [-0.3, -0.25) is 4.90 Å². The van der Waals surface area contributed by atoms with Crippen molar-refractivity contribution in [3.8, 4) is 11.1 Å². The second-order valence-corrected chi connectivity index (χ2v) is 14.6. The standard InChI is InChI=1S/C47H50N5/c1-48(2)38-22-13-33(14-23-38)44(34-15-24-39(25-16-34)49(3)4)32-51(7)41-28-19-36(20-29-41)47(35-17-26-40(27-18-35)50(5)6)37-21-30-46-43(31-37)42-11-9-10-12-45(42)52(46)8/h9-31,38H,32H2,1-8H3/q+1. The molecule has 0 fully saturated rings. The van der Waals surface area contributed by atoms with Gasteiger partial charge in [0.25, 0.3) is 0 Å². The van der Waals surface area contributed by atoms with E-state index in [2.05, 4.69) is 220 Å². The van der Waals surface area contributed by atoms with Crippen molar-refractivity contribution in [2.24, 2.45) is 0 Å². The molecule has 262 valence electrons. The van der Waals surface area contributed by atoms with Gasteiger partial charge in [0.1, 0.15) is 7.05 Å². The van der Waals surface area contributed by atoms with E-state index in [0.717, 1.165) is 6.54 Å². The second-order valence-electron chi connectivity index (χ2n) is 14.6. The first-order valence-electron chi connectivity index (χ1n) is 18.1. The maximum Gasteiger partial charge on any atom is 0.213 e. The third-order valence-corrected chi connectivity index (χ3v) is 10.5. The molecule has 0 unspecified atom stereocenters. The van der Waals surface area contributed by atoms with Crippen molar-refractivity contribution in [3.63, 3.8) is 0 Å². The highest BCUT2D eigenvalue weighted by Gasteiger charge is 2.24. The number of hydrogen-bond donors (Lipinski definition) is 0. The monoisotopic (exact) mass is 684 g/mol. The van der Waals surface area contributed by atoms with E-state index in [-0.39, 0.29) is 0 Å². The fraction of sp³-hybridized carbons (Fsp3) is 0.213. The summed E-state index contributed by atoms with van der Waals surface area (Å²) in [6.45, 7) is 0.775. The second kappa shape index (κ2) is 14.5. The van der Waals surface area contributed by atoms with E-state index < -0.39 is 0 Å². The summed E-state index contributed by atoms with van der Waals surface area (Å²) in [5.41, 5.74) is 14.8. The Morgan fingerprint density at radius 2 is 1.12 bits per heavy atom. The molecule has 0 N–H and O–H groups in total. The maximum atomic E-state index is 2.37. The quantitative estimate of drug-likeness (QED) is 0.150. The van der Waals surface area contributed by atoms with Crippen LogP contribution in [0, 0.1) is 0 Å². The summed E-state index contributed by atoms with van der Waals surface area (Å²) in [5, 5.41) is 2.45. The van der Waals surface area contributed by atoms with E-state index in [9.17, 15) is 0 Å². The predicted octanol–water partition coefficient (Wildman–Crippen LogP) is 7.45. The number of nitrogens with zero attached hydrogens (tertiary/aromatic N) is 5. The van der Waals surface area contributed by atoms with Crippen LogP contribution in [0.1, 0.15) is 16.7 Å². The fourth-order valence-corrected chi connectivity index (χ4v) is 7.34. The summed E-state index contributed by atoms with van der Waals surface area (Å²) in [7, 11) is 16.9.